The van der Waals surface area contributed by atoms with Gasteiger partial charge in [0.05, 0.1) is 5.69 Å². The minimum Gasteiger partial charge on any atom is -0.456 e. The van der Waals surface area contributed by atoms with Gasteiger partial charge in [0.15, 0.2) is 0 Å². The van der Waals surface area contributed by atoms with Crippen molar-refractivity contribution in [1.29, 1.82) is 0 Å². The molecule has 0 atom stereocenters. The fraction of sp³-hybridized carbons (Fsp3) is 0.262. The number of nitrogens with zero attached hydrogens (tertiary/aromatic N) is 2. The number of rotatable bonds is 4. The van der Waals surface area contributed by atoms with Gasteiger partial charge in [0.1, 0.15) is 11.2 Å². The second kappa shape index (κ2) is 14.9. The van der Waals surface area contributed by atoms with Crippen LogP contribution in [0.5, 0.6) is 0 Å². The van der Waals surface area contributed by atoms with E-state index in [0.29, 0.717) is 0 Å². The third kappa shape index (κ3) is 6.69. The summed E-state index contributed by atoms with van der Waals surface area (Å²) in [4.78, 5) is 5.26. The Morgan fingerprint density at radius 3 is 1.77 bits per heavy atom. The molecule has 3 aliphatic rings. The van der Waals surface area contributed by atoms with Crippen molar-refractivity contribution in [2.75, 3.05) is 9.80 Å². The van der Waals surface area contributed by atoms with Crippen LogP contribution in [0.1, 0.15) is 109 Å². The van der Waals surface area contributed by atoms with Crippen LogP contribution < -0.4 is 26.2 Å². The molecule has 3 nitrogen and oxygen atoms in total. The zero-order valence-electron chi connectivity index (χ0n) is 42.5. The second-order valence-electron chi connectivity index (χ2n) is 23.9. The van der Waals surface area contributed by atoms with E-state index in [-0.39, 0.29) is 28.4 Å². The highest BCUT2D eigenvalue weighted by atomic mass is 16.3. The molecule has 4 heteroatoms. The normalized spacial score (nSPS) is 15.6. The van der Waals surface area contributed by atoms with E-state index >= 15 is 0 Å². The van der Waals surface area contributed by atoms with Crippen LogP contribution in [0.2, 0.25) is 0 Å². The van der Waals surface area contributed by atoms with Gasteiger partial charge in [0.2, 0.25) is 0 Å². The number of benzene rings is 8. The van der Waals surface area contributed by atoms with Gasteiger partial charge in [0.25, 0.3) is 6.71 Å². The van der Waals surface area contributed by atoms with Crippen LogP contribution in [0, 0.1) is 13.8 Å². The minimum absolute atomic E-state index is 0.00711. The number of fused-ring (bicyclic) bond motifs is 8. The molecule has 0 saturated carbocycles. The Hall–Kier alpha value is -6.78. The van der Waals surface area contributed by atoms with Crippen LogP contribution >= 0.6 is 0 Å². The van der Waals surface area contributed by atoms with Gasteiger partial charge >= 0.3 is 0 Å². The van der Waals surface area contributed by atoms with E-state index in [1.54, 1.807) is 0 Å². The highest BCUT2D eigenvalue weighted by molar-refractivity contribution is 7.00. The molecule has 0 N–H and O–H groups in total. The maximum Gasteiger partial charge on any atom is 0.252 e. The van der Waals surface area contributed by atoms with Crippen molar-refractivity contribution in [3.05, 3.63) is 185 Å². The van der Waals surface area contributed by atoms with Crippen molar-refractivity contribution in [3.63, 3.8) is 0 Å². The maximum atomic E-state index is 6.51. The van der Waals surface area contributed by atoms with E-state index in [9.17, 15) is 0 Å². The lowest BCUT2D eigenvalue weighted by Crippen LogP contribution is -2.61. The van der Waals surface area contributed by atoms with Crippen LogP contribution in [0.4, 0.5) is 34.1 Å². The third-order valence-corrected chi connectivity index (χ3v) is 15.9. The molecular formula is C65H63BN2O. The Bertz CT molecular complexity index is 3600. The standard InChI is InChI=1S/C65H63BN2O/c1-39-31-56-61-57(32-39)68(53-30-27-44(63(6,7)8)35-47(53)41-19-14-13-15-20-41)55-37-49-48(64(9,10)38-65(49,11)12)36-51(55)66(61)50-34-42(45-22-18-24-59-60(45)46-21-16-17-23-58(46)69-59)25-28-54(50)67(56)52-29-26-43(33-40(52)2)62(3,4)5/h13-37H,38H2,1-12H3. The smallest absolute Gasteiger partial charge is 0.252 e. The van der Waals surface area contributed by atoms with E-state index in [2.05, 4.69) is 245 Å². The summed E-state index contributed by atoms with van der Waals surface area (Å²) >= 11 is 0. The van der Waals surface area contributed by atoms with Crippen molar-refractivity contribution in [3.8, 4) is 22.3 Å². The summed E-state index contributed by atoms with van der Waals surface area (Å²) in [6.07, 6.45) is 1.09. The molecule has 2 aliphatic heterocycles. The first-order valence-electron chi connectivity index (χ1n) is 25.1. The van der Waals surface area contributed by atoms with Gasteiger partial charge in [-0.25, -0.2) is 0 Å². The first-order chi connectivity index (χ1) is 32.8. The Balaban J connectivity index is 1.21. The van der Waals surface area contributed by atoms with Crippen molar-refractivity contribution in [1.82, 2.24) is 0 Å². The zero-order valence-corrected chi connectivity index (χ0v) is 42.5. The molecule has 0 unspecified atom stereocenters. The van der Waals surface area contributed by atoms with Crippen LogP contribution in [-0.4, -0.2) is 6.71 Å². The van der Waals surface area contributed by atoms with Gasteiger partial charge in [-0.05, 0) is 163 Å². The fourth-order valence-electron chi connectivity index (χ4n) is 12.7. The fourth-order valence-corrected chi connectivity index (χ4v) is 12.7. The molecule has 0 spiro atoms. The van der Waals surface area contributed by atoms with E-state index in [1.165, 1.54) is 106 Å². The van der Waals surface area contributed by atoms with Crippen molar-refractivity contribution in [2.24, 2.45) is 0 Å². The summed E-state index contributed by atoms with van der Waals surface area (Å²) in [7, 11) is 0. The van der Waals surface area contributed by atoms with Crippen molar-refractivity contribution >= 4 is 79.2 Å². The topological polar surface area (TPSA) is 19.6 Å². The Labute approximate surface area is 409 Å². The third-order valence-electron chi connectivity index (χ3n) is 15.9. The Kier molecular flexibility index (Phi) is 9.37. The molecule has 342 valence electrons. The maximum absolute atomic E-state index is 6.51. The van der Waals surface area contributed by atoms with Crippen LogP contribution in [0.15, 0.2) is 156 Å². The van der Waals surface area contributed by atoms with E-state index in [1.807, 2.05) is 0 Å². The van der Waals surface area contributed by atoms with Gasteiger partial charge in [-0.15, -0.1) is 0 Å². The van der Waals surface area contributed by atoms with Gasteiger partial charge in [-0.1, -0.05) is 166 Å². The second-order valence-corrected chi connectivity index (χ2v) is 23.9. The molecule has 12 rings (SSSR count). The summed E-state index contributed by atoms with van der Waals surface area (Å²) in [5, 5.41) is 2.31. The summed E-state index contributed by atoms with van der Waals surface area (Å²) in [5.74, 6) is 0. The molecule has 0 bridgehead atoms. The lowest BCUT2D eigenvalue weighted by molar-refractivity contribution is 0.403. The highest BCUT2D eigenvalue weighted by Gasteiger charge is 2.48. The highest BCUT2D eigenvalue weighted by Crippen LogP contribution is 2.54. The predicted molar refractivity (Wildman–Crippen MR) is 296 cm³/mol. The number of anilines is 6. The molecule has 1 aromatic heterocycles. The largest absolute Gasteiger partial charge is 0.456 e. The molecule has 9 aromatic rings. The Morgan fingerprint density at radius 1 is 0.478 bits per heavy atom. The number of aryl methyl sites for hydroxylation is 2. The molecular weight excluding hydrogens is 836 g/mol. The van der Waals surface area contributed by atoms with Crippen LogP contribution in [0.25, 0.3) is 44.2 Å². The monoisotopic (exact) mass is 899 g/mol. The summed E-state index contributed by atoms with van der Waals surface area (Å²) in [6.45, 7) is 28.3. The summed E-state index contributed by atoms with van der Waals surface area (Å²) in [5.41, 5.74) is 26.2. The average molecular weight is 899 g/mol. The minimum atomic E-state index is -0.0404. The van der Waals surface area contributed by atoms with Crippen LogP contribution in [0.3, 0.4) is 0 Å². The van der Waals surface area contributed by atoms with Gasteiger partial charge in [-0.3, -0.25) is 0 Å². The number of hydrogen-bond donors (Lipinski definition) is 0. The lowest BCUT2D eigenvalue weighted by atomic mass is 9.33. The van der Waals surface area contributed by atoms with E-state index < -0.39 is 0 Å². The van der Waals surface area contributed by atoms with Gasteiger partial charge in [-0.2, -0.15) is 0 Å². The van der Waals surface area contributed by atoms with Crippen LogP contribution in [-0.2, 0) is 21.7 Å². The summed E-state index contributed by atoms with van der Waals surface area (Å²) < 4.78 is 6.51. The summed E-state index contributed by atoms with van der Waals surface area (Å²) in [6, 6.07) is 58.0. The molecule has 8 aromatic carbocycles. The molecule has 0 radical (unpaired) electrons. The molecule has 1 aliphatic carbocycles. The molecule has 0 amide bonds. The molecule has 0 fully saturated rings. The van der Waals surface area contributed by atoms with E-state index in [0.717, 1.165) is 28.4 Å². The zero-order chi connectivity index (χ0) is 48.1. The first-order valence-corrected chi connectivity index (χ1v) is 25.1. The average Bonchev–Trinajstić information content (AvgIpc) is 3.77. The van der Waals surface area contributed by atoms with Gasteiger partial charge in [0, 0.05) is 44.8 Å². The quantitative estimate of drug-likeness (QED) is 0.164. The molecule has 0 saturated heterocycles. The first kappa shape index (κ1) is 43.5. The number of para-hydroxylation sites is 1. The van der Waals surface area contributed by atoms with Crippen molar-refractivity contribution < 1.29 is 4.42 Å². The number of hydrogen-bond acceptors (Lipinski definition) is 3. The molecule has 3 heterocycles. The SMILES string of the molecule is Cc1cc2c3c(c1)N(c1ccc(C(C)(C)C)cc1-c1ccccc1)c1cc4c(cc1B3c1cc(-c3cccc5oc6ccccc6c35)ccc1N2c1ccc(C(C)(C)C)cc1C)C(C)(C)CC4(C)C. The Morgan fingerprint density at radius 2 is 1.07 bits per heavy atom. The van der Waals surface area contributed by atoms with Crippen molar-refractivity contribution in [2.45, 2.75) is 111 Å². The number of furan rings is 1. The van der Waals surface area contributed by atoms with Gasteiger partial charge < -0.3 is 14.2 Å². The predicted octanol–water partition coefficient (Wildman–Crippen LogP) is 16.2. The van der Waals surface area contributed by atoms with E-state index in [4.69, 9.17) is 4.42 Å². The molecule has 69 heavy (non-hydrogen) atoms. The lowest BCUT2D eigenvalue weighted by Gasteiger charge is -2.45.